The van der Waals surface area contributed by atoms with Gasteiger partial charge in [-0.1, -0.05) is 19.1 Å². The smallest absolute Gasteiger partial charge is 0.305 e. The van der Waals surface area contributed by atoms with Gasteiger partial charge in [-0.2, -0.15) is 4.39 Å². The van der Waals surface area contributed by atoms with Crippen LogP contribution in [0.15, 0.2) is 18.2 Å². The van der Waals surface area contributed by atoms with Gasteiger partial charge < -0.3 is 5.32 Å². The molecule has 0 aromatic heterocycles. The van der Waals surface area contributed by atoms with Gasteiger partial charge in [-0.3, -0.25) is 19.8 Å². The summed E-state index contributed by atoms with van der Waals surface area (Å²) in [6, 6.07) is 4.02. The Balaban J connectivity index is 2.66. The van der Waals surface area contributed by atoms with E-state index in [1.807, 2.05) is 6.92 Å². The number of nitro benzene ring substituents is 1. The highest BCUT2D eigenvalue weighted by Gasteiger charge is 2.18. The van der Waals surface area contributed by atoms with Crippen LogP contribution in [0.4, 0.5) is 10.1 Å². The summed E-state index contributed by atoms with van der Waals surface area (Å²) >= 11 is 0. The summed E-state index contributed by atoms with van der Waals surface area (Å²) < 4.78 is 13.9. The number of carbonyl (C=O) groups excluding carboxylic acids is 1. The van der Waals surface area contributed by atoms with Crippen molar-refractivity contribution in [3.05, 3.63) is 39.7 Å². The van der Waals surface area contributed by atoms with Gasteiger partial charge in [0.25, 0.3) is 0 Å². The van der Waals surface area contributed by atoms with Crippen LogP contribution in [0.5, 0.6) is 0 Å². The number of likely N-dealkylation sites (N-methyl/N-ethyl adjacent to an activating group) is 1. The van der Waals surface area contributed by atoms with Crippen molar-refractivity contribution in [3.63, 3.8) is 0 Å². The molecule has 20 heavy (non-hydrogen) atoms. The van der Waals surface area contributed by atoms with E-state index in [1.54, 1.807) is 11.9 Å². The molecule has 0 atom stereocenters. The van der Waals surface area contributed by atoms with Gasteiger partial charge in [-0.05, 0) is 13.5 Å². The fraction of sp³-hybridized carbons (Fsp3) is 0.462. The molecule has 0 saturated carbocycles. The Labute approximate surface area is 116 Å². The molecule has 0 aliphatic carbocycles. The van der Waals surface area contributed by atoms with Crippen molar-refractivity contribution >= 4 is 11.6 Å². The minimum atomic E-state index is -0.849. The molecule has 0 spiro atoms. The SMILES string of the molecule is CCCNC(=O)CN(C)Cc1cccc([N+](=O)[O-])c1F. The van der Waals surface area contributed by atoms with E-state index < -0.39 is 16.4 Å². The standard InChI is InChI=1S/C13H18FN3O3/c1-3-7-15-12(18)9-16(2)8-10-5-4-6-11(13(10)14)17(19)20/h4-6H,3,7-9H2,1-2H3,(H,15,18). The van der Waals surface area contributed by atoms with Crippen LogP contribution in [0.25, 0.3) is 0 Å². The van der Waals surface area contributed by atoms with E-state index in [9.17, 15) is 19.3 Å². The first-order valence-electron chi connectivity index (χ1n) is 6.32. The monoisotopic (exact) mass is 283 g/mol. The van der Waals surface area contributed by atoms with E-state index >= 15 is 0 Å². The first kappa shape index (κ1) is 16.0. The van der Waals surface area contributed by atoms with Crippen LogP contribution in [0.1, 0.15) is 18.9 Å². The second-order valence-corrected chi connectivity index (χ2v) is 4.53. The molecular weight excluding hydrogens is 265 g/mol. The largest absolute Gasteiger partial charge is 0.355 e. The Kier molecular flexibility index (Phi) is 6.05. The van der Waals surface area contributed by atoms with Crippen LogP contribution >= 0.6 is 0 Å². The van der Waals surface area contributed by atoms with Crippen LogP contribution < -0.4 is 5.32 Å². The number of hydrogen-bond acceptors (Lipinski definition) is 4. The molecule has 0 aliphatic rings. The lowest BCUT2D eigenvalue weighted by Gasteiger charge is -2.16. The number of hydrogen-bond donors (Lipinski definition) is 1. The minimum absolute atomic E-state index is 0.113. The highest BCUT2D eigenvalue weighted by molar-refractivity contribution is 5.77. The van der Waals surface area contributed by atoms with Gasteiger partial charge in [0.2, 0.25) is 11.7 Å². The summed E-state index contributed by atoms with van der Waals surface area (Å²) in [5.41, 5.74) is -0.351. The average Bonchev–Trinajstić information content (AvgIpc) is 2.38. The molecule has 110 valence electrons. The number of rotatable bonds is 7. The molecule has 6 nitrogen and oxygen atoms in total. The van der Waals surface area contributed by atoms with Gasteiger partial charge in [-0.15, -0.1) is 0 Å². The summed E-state index contributed by atoms with van der Waals surface area (Å²) in [5, 5.41) is 13.4. The molecule has 0 heterocycles. The van der Waals surface area contributed by atoms with E-state index in [4.69, 9.17) is 0 Å². The van der Waals surface area contributed by atoms with Crippen LogP contribution in [-0.2, 0) is 11.3 Å². The molecule has 1 rings (SSSR count). The number of amides is 1. The summed E-state index contributed by atoms with van der Waals surface area (Å²) in [6.07, 6.45) is 0.842. The zero-order chi connectivity index (χ0) is 15.1. The van der Waals surface area contributed by atoms with Crippen molar-refractivity contribution in [1.82, 2.24) is 10.2 Å². The highest BCUT2D eigenvalue weighted by atomic mass is 19.1. The quantitative estimate of drug-likeness (QED) is 0.610. The molecule has 7 heteroatoms. The number of nitro groups is 1. The molecular formula is C13H18FN3O3. The van der Waals surface area contributed by atoms with Gasteiger partial charge >= 0.3 is 5.69 Å². The second kappa shape index (κ2) is 7.54. The molecule has 0 unspecified atom stereocenters. The summed E-state index contributed by atoms with van der Waals surface area (Å²) in [6.45, 7) is 2.79. The van der Waals surface area contributed by atoms with Gasteiger partial charge in [0.15, 0.2) is 0 Å². The minimum Gasteiger partial charge on any atom is -0.355 e. The number of halogens is 1. The maximum atomic E-state index is 13.9. The molecule has 0 saturated heterocycles. The van der Waals surface area contributed by atoms with Crippen LogP contribution in [0.2, 0.25) is 0 Å². The molecule has 1 aromatic rings. The molecule has 1 amide bonds. The topological polar surface area (TPSA) is 75.5 Å². The van der Waals surface area contributed by atoms with Crippen LogP contribution in [0, 0.1) is 15.9 Å². The third-order valence-electron chi connectivity index (χ3n) is 2.68. The number of benzene rings is 1. The van der Waals surface area contributed by atoms with E-state index in [0.717, 1.165) is 12.5 Å². The fourth-order valence-corrected chi connectivity index (χ4v) is 1.74. The zero-order valence-electron chi connectivity index (χ0n) is 11.6. The van der Waals surface area contributed by atoms with Gasteiger partial charge in [-0.25, -0.2) is 0 Å². The first-order valence-corrected chi connectivity index (χ1v) is 6.32. The van der Waals surface area contributed by atoms with Gasteiger partial charge in [0, 0.05) is 24.7 Å². The van der Waals surface area contributed by atoms with Crippen LogP contribution in [0.3, 0.4) is 0 Å². The number of nitrogens with one attached hydrogen (secondary N) is 1. The Morgan fingerprint density at radius 3 is 2.80 bits per heavy atom. The molecule has 1 aromatic carbocycles. The summed E-state index contributed by atoms with van der Waals surface area (Å²) in [7, 11) is 1.66. The van der Waals surface area contributed by atoms with E-state index in [1.165, 1.54) is 12.1 Å². The van der Waals surface area contributed by atoms with Crippen molar-refractivity contribution in [2.45, 2.75) is 19.9 Å². The lowest BCUT2D eigenvalue weighted by Crippen LogP contribution is -2.35. The Morgan fingerprint density at radius 2 is 2.20 bits per heavy atom. The number of carbonyl (C=O) groups is 1. The lowest BCUT2D eigenvalue weighted by atomic mass is 10.1. The van der Waals surface area contributed by atoms with E-state index in [0.29, 0.717) is 6.54 Å². The normalized spacial score (nSPS) is 10.6. The molecule has 0 radical (unpaired) electrons. The Bertz CT molecular complexity index is 494. The molecule has 0 aliphatic heterocycles. The average molecular weight is 283 g/mol. The van der Waals surface area contributed by atoms with E-state index in [-0.39, 0.29) is 24.6 Å². The van der Waals surface area contributed by atoms with Crippen molar-refractivity contribution in [1.29, 1.82) is 0 Å². The van der Waals surface area contributed by atoms with Crippen molar-refractivity contribution < 1.29 is 14.1 Å². The maximum Gasteiger partial charge on any atom is 0.305 e. The third kappa shape index (κ3) is 4.58. The Hall–Kier alpha value is -2.02. The third-order valence-corrected chi connectivity index (χ3v) is 2.68. The zero-order valence-corrected chi connectivity index (χ0v) is 11.6. The molecule has 0 fully saturated rings. The number of nitrogens with zero attached hydrogens (tertiary/aromatic N) is 2. The lowest BCUT2D eigenvalue weighted by molar-refractivity contribution is -0.387. The summed E-state index contributed by atoms with van der Waals surface area (Å²) in [4.78, 5) is 23.0. The Morgan fingerprint density at radius 1 is 1.50 bits per heavy atom. The maximum absolute atomic E-state index is 13.9. The predicted octanol–water partition coefficient (Wildman–Crippen LogP) is 1.69. The highest BCUT2D eigenvalue weighted by Crippen LogP contribution is 2.20. The molecule has 1 N–H and O–H groups in total. The summed E-state index contributed by atoms with van der Waals surface area (Å²) in [5.74, 6) is -1.00. The van der Waals surface area contributed by atoms with Crippen LogP contribution in [-0.4, -0.2) is 35.9 Å². The fourth-order valence-electron chi connectivity index (χ4n) is 1.74. The molecule has 0 bridgehead atoms. The van der Waals surface area contributed by atoms with E-state index in [2.05, 4.69) is 5.32 Å². The van der Waals surface area contributed by atoms with Gasteiger partial charge in [0.1, 0.15) is 0 Å². The van der Waals surface area contributed by atoms with Crippen molar-refractivity contribution in [2.24, 2.45) is 0 Å². The predicted molar refractivity (Wildman–Crippen MR) is 72.7 cm³/mol. The first-order chi connectivity index (χ1) is 9.45. The second-order valence-electron chi connectivity index (χ2n) is 4.53. The van der Waals surface area contributed by atoms with Gasteiger partial charge in [0.05, 0.1) is 11.5 Å². The van der Waals surface area contributed by atoms with Crippen molar-refractivity contribution in [2.75, 3.05) is 20.1 Å². The van der Waals surface area contributed by atoms with Crippen molar-refractivity contribution in [3.8, 4) is 0 Å².